The maximum atomic E-state index is 12.5. The first-order chi connectivity index (χ1) is 9.45. The molecule has 0 spiro atoms. The molecule has 0 aromatic heterocycles. The highest BCUT2D eigenvalue weighted by atomic mass is 32.2. The molecule has 1 heterocycles. The molecule has 6 heteroatoms. The predicted molar refractivity (Wildman–Crippen MR) is 74.7 cm³/mol. The van der Waals surface area contributed by atoms with Crippen molar-refractivity contribution >= 4 is 10.0 Å². The maximum Gasteiger partial charge on any atom is 0.243 e. The summed E-state index contributed by atoms with van der Waals surface area (Å²) in [6, 6.07) is 6.62. The van der Waals surface area contributed by atoms with E-state index in [1.54, 1.807) is 20.0 Å². The minimum absolute atomic E-state index is 0.0199. The second kappa shape index (κ2) is 5.92. The molecule has 1 aromatic rings. The molecule has 0 aliphatic carbocycles. The van der Waals surface area contributed by atoms with E-state index >= 15 is 0 Å². The highest BCUT2D eigenvalue weighted by molar-refractivity contribution is 7.89. The van der Waals surface area contributed by atoms with Crippen LogP contribution in [0.15, 0.2) is 23.1 Å². The van der Waals surface area contributed by atoms with Gasteiger partial charge in [-0.25, -0.2) is 8.42 Å². The van der Waals surface area contributed by atoms with Crippen LogP contribution in [0.2, 0.25) is 0 Å². The Morgan fingerprint density at radius 2 is 2.25 bits per heavy atom. The summed E-state index contributed by atoms with van der Waals surface area (Å²) in [6.07, 6.45) is 1.86. The van der Waals surface area contributed by atoms with Gasteiger partial charge in [0.2, 0.25) is 10.0 Å². The topological polar surface area (TPSA) is 70.4 Å². The number of benzene rings is 1. The van der Waals surface area contributed by atoms with Gasteiger partial charge in [0.15, 0.2) is 0 Å². The SMILES string of the molecule is Cc1cc(C#N)ccc1S(=O)(=O)N(C)CC1CCCO1. The lowest BCUT2D eigenvalue weighted by atomic mass is 10.2. The van der Waals surface area contributed by atoms with Crippen molar-refractivity contribution in [3.63, 3.8) is 0 Å². The number of ether oxygens (including phenoxy) is 1. The molecular formula is C14H18N2O3S. The Morgan fingerprint density at radius 3 is 2.80 bits per heavy atom. The number of hydrogen-bond acceptors (Lipinski definition) is 4. The molecule has 1 atom stereocenters. The van der Waals surface area contributed by atoms with E-state index in [1.165, 1.54) is 16.4 Å². The summed E-state index contributed by atoms with van der Waals surface area (Å²) in [5.74, 6) is 0. The highest BCUT2D eigenvalue weighted by Gasteiger charge is 2.27. The Kier molecular flexibility index (Phi) is 4.43. The van der Waals surface area contributed by atoms with E-state index in [9.17, 15) is 8.42 Å². The normalized spacial score (nSPS) is 19.2. The summed E-state index contributed by atoms with van der Waals surface area (Å²) < 4.78 is 31.9. The van der Waals surface area contributed by atoms with Gasteiger partial charge in [-0.05, 0) is 43.5 Å². The Labute approximate surface area is 119 Å². The Hall–Kier alpha value is -1.42. The van der Waals surface area contributed by atoms with Crippen molar-refractivity contribution in [1.82, 2.24) is 4.31 Å². The summed E-state index contributed by atoms with van der Waals surface area (Å²) in [7, 11) is -1.97. The van der Waals surface area contributed by atoms with E-state index in [2.05, 4.69) is 0 Å². The van der Waals surface area contributed by atoms with E-state index in [-0.39, 0.29) is 11.0 Å². The van der Waals surface area contributed by atoms with Crippen molar-refractivity contribution in [1.29, 1.82) is 5.26 Å². The van der Waals surface area contributed by atoms with Crippen LogP contribution in [0, 0.1) is 18.3 Å². The molecule has 20 heavy (non-hydrogen) atoms. The van der Waals surface area contributed by atoms with Crippen LogP contribution in [0.4, 0.5) is 0 Å². The Morgan fingerprint density at radius 1 is 1.50 bits per heavy atom. The molecule has 1 fully saturated rings. The molecule has 1 aliphatic heterocycles. The fourth-order valence-electron chi connectivity index (χ4n) is 2.35. The monoisotopic (exact) mass is 294 g/mol. The van der Waals surface area contributed by atoms with Gasteiger partial charge in [0, 0.05) is 20.2 Å². The summed E-state index contributed by atoms with van der Waals surface area (Å²) in [4.78, 5) is 0.247. The second-order valence-electron chi connectivity index (χ2n) is 5.01. The predicted octanol–water partition coefficient (Wildman–Crippen LogP) is 1.67. The van der Waals surface area contributed by atoms with Crippen molar-refractivity contribution in [2.24, 2.45) is 0 Å². The molecule has 0 N–H and O–H groups in total. The first kappa shape index (κ1) is 15.0. The van der Waals surface area contributed by atoms with Gasteiger partial charge in [-0.1, -0.05) is 0 Å². The van der Waals surface area contributed by atoms with Gasteiger partial charge in [0.05, 0.1) is 22.6 Å². The van der Waals surface area contributed by atoms with E-state index in [4.69, 9.17) is 10.00 Å². The number of nitriles is 1. The van der Waals surface area contributed by atoms with Crippen LogP contribution in [-0.2, 0) is 14.8 Å². The zero-order chi connectivity index (χ0) is 14.8. The third-order valence-corrected chi connectivity index (χ3v) is 5.46. The molecule has 1 aromatic carbocycles. The number of aryl methyl sites for hydroxylation is 1. The number of sulfonamides is 1. The Balaban J connectivity index is 2.23. The lowest BCUT2D eigenvalue weighted by Crippen LogP contribution is -2.34. The number of nitrogens with zero attached hydrogens (tertiary/aromatic N) is 2. The van der Waals surface area contributed by atoms with Gasteiger partial charge in [-0.2, -0.15) is 9.57 Å². The van der Waals surface area contributed by atoms with Crippen LogP contribution in [0.25, 0.3) is 0 Å². The van der Waals surface area contributed by atoms with Crippen molar-refractivity contribution in [3.8, 4) is 6.07 Å². The summed E-state index contributed by atoms with van der Waals surface area (Å²) in [5.41, 5.74) is 1.05. The lowest BCUT2D eigenvalue weighted by Gasteiger charge is -2.21. The molecule has 0 radical (unpaired) electrons. The van der Waals surface area contributed by atoms with Gasteiger partial charge in [-0.15, -0.1) is 0 Å². The van der Waals surface area contributed by atoms with E-state index in [0.717, 1.165) is 12.8 Å². The number of hydrogen-bond donors (Lipinski definition) is 0. The first-order valence-electron chi connectivity index (χ1n) is 6.54. The smallest absolute Gasteiger partial charge is 0.243 e. The van der Waals surface area contributed by atoms with Crippen LogP contribution in [0.5, 0.6) is 0 Å². The van der Waals surface area contributed by atoms with Crippen LogP contribution in [-0.4, -0.2) is 39.0 Å². The average Bonchev–Trinajstić information content (AvgIpc) is 2.91. The molecule has 2 rings (SSSR count). The molecule has 1 unspecified atom stereocenters. The third-order valence-electron chi connectivity index (χ3n) is 3.48. The molecule has 1 saturated heterocycles. The van der Waals surface area contributed by atoms with Crippen LogP contribution >= 0.6 is 0 Å². The zero-order valence-corrected chi connectivity index (χ0v) is 12.5. The summed E-state index contributed by atoms with van der Waals surface area (Å²) in [6.45, 7) is 2.77. The molecule has 0 saturated carbocycles. The van der Waals surface area contributed by atoms with E-state index in [0.29, 0.717) is 24.3 Å². The highest BCUT2D eigenvalue weighted by Crippen LogP contribution is 2.22. The standard InChI is InChI=1S/C14H18N2O3S/c1-11-8-12(9-15)5-6-14(11)20(17,18)16(2)10-13-4-3-7-19-13/h5-6,8,13H,3-4,7,10H2,1-2H3. The Bertz CT molecular complexity index is 628. The van der Waals surface area contributed by atoms with Gasteiger partial charge < -0.3 is 4.74 Å². The lowest BCUT2D eigenvalue weighted by molar-refractivity contribution is 0.0979. The zero-order valence-electron chi connectivity index (χ0n) is 11.7. The van der Waals surface area contributed by atoms with Crippen molar-refractivity contribution in [2.75, 3.05) is 20.2 Å². The van der Waals surface area contributed by atoms with Gasteiger partial charge in [0.25, 0.3) is 0 Å². The molecule has 0 amide bonds. The molecule has 1 aliphatic rings. The molecule has 108 valence electrons. The maximum absolute atomic E-state index is 12.5. The number of likely N-dealkylation sites (N-methyl/N-ethyl adjacent to an activating group) is 1. The van der Waals surface area contributed by atoms with Gasteiger partial charge in [-0.3, -0.25) is 0 Å². The average molecular weight is 294 g/mol. The van der Waals surface area contributed by atoms with Crippen molar-refractivity contribution < 1.29 is 13.2 Å². The fraction of sp³-hybridized carbons (Fsp3) is 0.500. The molecular weight excluding hydrogens is 276 g/mol. The third kappa shape index (κ3) is 3.01. The first-order valence-corrected chi connectivity index (χ1v) is 7.98. The van der Waals surface area contributed by atoms with E-state index in [1.807, 2.05) is 6.07 Å². The second-order valence-corrected chi connectivity index (χ2v) is 7.03. The summed E-state index contributed by atoms with van der Waals surface area (Å²) >= 11 is 0. The van der Waals surface area contributed by atoms with E-state index < -0.39 is 10.0 Å². The largest absolute Gasteiger partial charge is 0.377 e. The van der Waals surface area contributed by atoms with Crippen LogP contribution in [0.3, 0.4) is 0 Å². The van der Waals surface area contributed by atoms with Gasteiger partial charge in [0.1, 0.15) is 0 Å². The van der Waals surface area contributed by atoms with Crippen molar-refractivity contribution in [3.05, 3.63) is 29.3 Å². The molecule has 0 bridgehead atoms. The number of rotatable bonds is 4. The fourth-order valence-corrected chi connectivity index (χ4v) is 3.75. The van der Waals surface area contributed by atoms with Crippen LogP contribution in [0.1, 0.15) is 24.0 Å². The minimum Gasteiger partial charge on any atom is -0.377 e. The quantitative estimate of drug-likeness (QED) is 0.847. The summed E-state index contributed by atoms with van der Waals surface area (Å²) in [5, 5.41) is 8.83. The van der Waals surface area contributed by atoms with Gasteiger partial charge >= 0.3 is 0 Å². The molecule has 5 nitrogen and oxygen atoms in total. The minimum atomic E-state index is -3.54. The van der Waals surface area contributed by atoms with Crippen molar-refractivity contribution in [2.45, 2.75) is 30.8 Å². The van der Waals surface area contributed by atoms with Crippen LogP contribution < -0.4 is 0 Å².